The maximum absolute atomic E-state index is 5.41. The van der Waals surface area contributed by atoms with Crippen LogP contribution >= 0.6 is 0 Å². The van der Waals surface area contributed by atoms with Crippen molar-refractivity contribution in [3.05, 3.63) is 47.8 Å². The highest BCUT2D eigenvalue weighted by atomic mass is 16.5. The van der Waals surface area contributed by atoms with Crippen molar-refractivity contribution < 1.29 is 4.74 Å². The van der Waals surface area contributed by atoms with E-state index < -0.39 is 0 Å². The van der Waals surface area contributed by atoms with Gasteiger partial charge in [0.05, 0.1) is 7.11 Å². The number of ether oxygens (including phenoxy) is 1. The summed E-state index contributed by atoms with van der Waals surface area (Å²) in [5.74, 6) is 2.60. The van der Waals surface area contributed by atoms with Crippen molar-refractivity contribution in [3.8, 4) is 5.75 Å². The van der Waals surface area contributed by atoms with Gasteiger partial charge in [0.25, 0.3) is 0 Å². The fourth-order valence-corrected chi connectivity index (χ4v) is 3.52. The number of anilines is 1. The molecule has 1 saturated heterocycles. The first-order valence-electron chi connectivity index (χ1n) is 10.5. The third-order valence-corrected chi connectivity index (χ3v) is 5.33. The summed E-state index contributed by atoms with van der Waals surface area (Å²) >= 11 is 0. The Labute approximate surface area is 179 Å². The third-order valence-electron chi connectivity index (χ3n) is 5.33. The molecule has 0 saturated carbocycles. The monoisotopic (exact) mass is 411 g/mol. The number of hydrogen-bond acceptors (Lipinski definition) is 6. The molecule has 1 aromatic carbocycles. The number of guanidine groups is 1. The Bertz CT molecular complexity index is 804. The second-order valence-electron chi connectivity index (χ2n) is 7.36. The van der Waals surface area contributed by atoms with Crippen LogP contribution in [0.15, 0.2) is 41.7 Å². The van der Waals surface area contributed by atoms with E-state index in [1.807, 2.05) is 13.1 Å². The predicted molar refractivity (Wildman–Crippen MR) is 121 cm³/mol. The maximum atomic E-state index is 5.41. The molecule has 8 heteroatoms. The van der Waals surface area contributed by atoms with Gasteiger partial charge in [-0.2, -0.15) is 0 Å². The molecular formula is C22H33N7O. The van der Waals surface area contributed by atoms with Crippen molar-refractivity contribution in [2.75, 3.05) is 64.9 Å². The fraction of sp³-hybridized carbons (Fsp3) is 0.500. The van der Waals surface area contributed by atoms with Gasteiger partial charge in [0.2, 0.25) is 5.95 Å². The number of methoxy groups -OCH3 is 1. The molecule has 0 aliphatic carbocycles. The molecule has 0 spiro atoms. The number of hydrogen-bond donors (Lipinski definition) is 2. The van der Waals surface area contributed by atoms with Crippen LogP contribution in [0.4, 0.5) is 5.95 Å². The first-order chi connectivity index (χ1) is 14.7. The average Bonchev–Trinajstić information content (AvgIpc) is 2.80. The van der Waals surface area contributed by atoms with Gasteiger partial charge < -0.3 is 20.3 Å². The molecule has 2 heterocycles. The lowest BCUT2D eigenvalue weighted by molar-refractivity contribution is 0.260. The van der Waals surface area contributed by atoms with E-state index in [-0.39, 0.29) is 0 Å². The largest absolute Gasteiger partial charge is 0.496 e. The van der Waals surface area contributed by atoms with E-state index in [1.54, 1.807) is 19.5 Å². The number of nitrogens with zero attached hydrogens (tertiary/aromatic N) is 5. The molecule has 1 aliphatic rings. The molecule has 0 atom stereocenters. The molecule has 1 fully saturated rings. The first kappa shape index (κ1) is 21.8. The van der Waals surface area contributed by atoms with Gasteiger partial charge >= 0.3 is 0 Å². The zero-order chi connectivity index (χ0) is 21.2. The van der Waals surface area contributed by atoms with E-state index in [2.05, 4.69) is 60.5 Å². The van der Waals surface area contributed by atoms with Crippen molar-refractivity contribution >= 4 is 11.9 Å². The fourth-order valence-electron chi connectivity index (χ4n) is 3.52. The molecule has 8 nitrogen and oxygen atoms in total. The second-order valence-corrected chi connectivity index (χ2v) is 7.36. The summed E-state index contributed by atoms with van der Waals surface area (Å²) in [6, 6.07) is 8.21. The summed E-state index contributed by atoms with van der Waals surface area (Å²) in [5.41, 5.74) is 2.41. The number of nitrogens with one attached hydrogen (secondary N) is 2. The summed E-state index contributed by atoms with van der Waals surface area (Å²) in [4.78, 5) is 17.7. The Morgan fingerprint density at radius 1 is 1.10 bits per heavy atom. The van der Waals surface area contributed by atoms with Crippen molar-refractivity contribution in [3.63, 3.8) is 0 Å². The highest BCUT2D eigenvalue weighted by Gasteiger charge is 2.18. The van der Waals surface area contributed by atoms with E-state index in [0.29, 0.717) is 0 Å². The average molecular weight is 412 g/mol. The minimum atomic E-state index is 0.821. The molecule has 1 aromatic heterocycles. The van der Waals surface area contributed by atoms with Crippen LogP contribution in [-0.2, 0) is 6.42 Å². The van der Waals surface area contributed by atoms with Crippen LogP contribution < -0.4 is 20.3 Å². The van der Waals surface area contributed by atoms with E-state index in [1.165, 1.54) is 5.56 Å². The highest BCUT2D eigenvalue weighted by Crippen LogP contribution is 2.19. The number of benzene rings is 1. The lowest BCUT2D eigenvalue weighted by atomic mass is 10.1. The van der Waals surface area contributed by atoms with Gasteiger partial charge in [-0.15, -0.1) is 0 Å². The normalized spacial score (nSPS) is 15.2. The van der Waals surface area contributed by atoms with Gasteiger partial charge in [-0.25, -0.2) is 9.97 Å². The number of aromatic nitrogens is 2. The van der Waals surface area contributed by atoms with Crippen molar-refractivity contribution in [2.45, 2.75) is 13.3 Å². The molecule has 3 rings (SSSR count). The molecule has 162 valence electrons. The Morgan fingerprint density at radius 2 is 1.83 bits per heavy atom. The van der Waals surface area contributed by atoms with E-state index in [0.717, 1.165) is 75.5 Å². The Morgan fingerprint density at radius 3 is 2.53 bits per heavy atom. The van der Waals surface area contributed by atoms with Crippen LogP contribution in [0.3, 0.4) is 0 Å². The Hall–Kier alpha value is -2.87. The lowest BCUT2D eigenvalue weighted by Gasteiger charge is -2.34. The summed E-state index contributed by atoms with van der Waals surface area (Å²) < 4.78 is 5.41. The van der Waals surface area contributed by atoms with Crippen molar-refractivity contribution in [1.29, 1.82) is 0 Å². The predicted octanol–water partition coefficient (Wildman–Crippen LogP) is 1.32. The van der Waals surface area contributed by atoms with Gasteiger partial charge in [-0.05, 0) is 36.6 Å². The highest BCUT2D eigenvalue weighted by molar-refractivity contribution is 5.79. The maximum Gasteiger partial charge on any atom is 0.225 e. The quantitative estimate of drug-likeness (QED) is 0.501. The summed E-state index contributed by atoms with van der Waals surface area (Å²) in [7, 11) is 3.52. The van der Waals surface area contributed by atoms with Gasteiger partial charge in [0.15, 0.2) is 5.96 Å². The van der Waals surface area contributed by atoms with Gasteiger partial charge in [0, 0.05) is 65.3 Å². The van der Waals surface area contributed by atoms with Crippen molar-refractivity contribution in [2.24, 2.45) is 4.99 Å². The van der Waals surface area contributed by atoms with E-state index in [4.69, 9.17) is 4.74 Å². The van der Waals surface area contributed by atoms with Gasteiger partial charge in [-0.3, -0.25) is 9.89 Å². The van der Waals surface area contributed by atoms with E-state index in [9.17, 15) is 0 Å². The third kappa shape index (κ3) is 6.32. The number of aliphatic imine (C=N–C) groups is 1. The Kier molecular flexibility index (Phi) is 8.26. The zero-order valence-corrected chi connectivity index (χ0v) is 18.3. The van der Waals surface area contributed by atoms with Gasteiger partial charge in [0.1, 0.15) is 5.75 Å². The topological polar surface area (TPSA) is 77.9 Å². The molecular weight excluding hydrogens is 378 g/mol. The van der Waals surface area contributed by atoms with Crippen molar-refractivity contribution in [1.82, 2.24) is 25.5 Å². The molecule has 1 aliphatic heterocycles. The van der Waals surface area contributed by atoms with Gasteiger partial charge in [-0.1, -0.05) is 12.1 Å². The summed E-state index contributed by atoms with van der Waals surface area (Å²) in [6.07, 6.45) is 4.51. The molecule has 0 unspecified atom stereocenters. The standard InChI is InChI=1S/C22H33N7O/c1-18-5-6-19(17-20(18)30-3)7-10-24-21(23-2)25-11-12-28-13-15-29(16-14-28)22-26-8-4-9-27-22/h4-6,8-9,17H,7,10-16H2,1-3H3,(H2,23,24,25). The SMILES string of the molecule is CN=C(NCCc1ccc(C)c(OC)c1)NCCN1CCN(c2ncccn2)CC1. The number of aryl methyl sites for hydroxylation is 1. The number of piperazine rings is 1. The van der Waals surface area contributed by atoms with Crippen LogP contribution in [0.2, 0.25) is 0 Å². The van der Waals surface area contributed by atoms with Crippen LogP contribution in [0, 0.1) is 6.92 Å². The second kappa shape index (κ2) is 11.3. The molecule has 0 radical (unpaired) electrons. The zero-order valence-electron chi connectivity index (χ0n) is 18.3. The minimum Gasteiger partial charge on any atom is -0.496 e. The first-order valence-corrected chi connectivity index (χ1v) is 10.5. The van der Waals surface area contributed by atoms with Crippen LogP contribution in [-0.4, -0.2) is 80.8 Å². The van der Waals surface area contributed by atoms with Crippen LogP contribution in [0.5, 0.6) is 5.75 Å². The molecule has 2 aromatic rings. The van der Waals surface area contributed by atoms with Crippen LogP contribution in [0.25, 0.3) is 0 Å². The molecule has 0 amide bonds. The van der Waals surface area contributed by atoms with Crippen LogP contribution in [0.1, 0.15) is 11.1 Å². The summed E-state index contributed by atoms with van der Waals surface area (Å²) in [6.45, 7) is 8.67. The molecule has 2 N–H and O–H groups in total. The lowest BCUT2D eigenvalue weighted by Crippen LogP contribution is -2.49. The summed E-state index contributed by atoms with van der Waals surface area (Å²) in [5, 5.41) is 6.80. The Balaban J connectivity index is 1.33. The van der Waals surface area contributed by atoms with E-state index >= 15 is 0 Å². The molecule has 30 heavy (non-hydrogen) atoms. The number of rotatable bonds is 8. The molecule has 0 bridgehead atoms. The minimum absolute atomic E-state index is 0.821. The smallest absolute Gasteiger partial charge is 0.225 e.